The largest absolute Gasteiger partial charge is 0.435 e. The maximum Gasteiger partial charge on any atom is 0.435 e. The number of alkyl halides is 3. The summed E-state index contributed by atoms with van der Waals surface area (Å²) >= 11 is 1.85. The van der Waals surface area contributed by atoms with Gasteiger partial charge in [0.15, 0.2) is 5.69 Å². The number of nitrogens with zero attached hydrogens (tertiary/aromatic N) is 3. The lowest BCUT2D eigenvalue weighted by molar-refractivity contribution is -0.141. The second kappa shape index (κ2) is 6.37. The van der Waals surface area contributed by atoms with Crippen molar-refractivity contribution in [2.45, 2.75) is 56.6 Å². The summed E-state index contributed by atoms with van der Waals surface area (Å²) in [6, 6.07) is 0.0565. The van der Waals surface area contributed by atoms with Crippen molar-refractivity contribution in [1.82, 2.24) is 14.7 Å². The topological polar surface area (TPSA) is 38.1 Å². The Morgan fingerprint density at radius 2 is 2.13 bits per heavy atom. The number of rotatable bonds is 2. The van der Waals surface area contributed by atoms with Crippen LogP contribution in [0.5, 0.6) is 0 Å². The average molecular weight is 347 g/mol. The summed E-state index contributed by atoms with van der Waals surface area (Å²) < 4.78 is 40.8. The molecular formula is C15H20F3N3OS. The molecule has 0 N–H and O–H groups in total. The van der Waals surface area contributed by atoms with Gasteiger partial charge in [-0.2, -0.15) is 30.0 Å². The summed E-state index contributed by atoms with van der Waals surface area (Å²) in [6.45, 7) is 2.52. The zero-order chi connectivity index (χ0) is 16.6. The first-order chi connectivity index (χ1) is 10.9. The maximum absolute atomic E-state index is 13.2. The number of hydrogen-bond acceptors (Lipinski definition) is 3. The summed E-state index contributed by atoms with van der Waals surface area (Å²) in [7, 11) is 0. The number of carbonyl (C=O) groups is 1. The second-order valence-electron chi connectivity index (χ2n) is 6.00. The van der Waals surface area contributed by atoms with Crippen molar-refractivity contribution in [3.05, 3.63) is 17.5 Å². The van der Waals surface area contributed by atoms with Crippen molar-refractivity contribution in [2.75, 3.05) is 12.3 Å². The minimum atomic E-state index is -4.61. The van der Waals surface area contributed by atoms with Gasteiger partial charge in [0.25, 0.3) is 5.91 Å². The quantitative estimate of drug-likeness (QED) is 0.823. The van der Waals surface area contributed by atoms with E-state index in [4.69, 9.17) is 0 Å². The molecule has 1 amide bonds. The van der Waals surface area contributed by atoms with Gasteiger partial charge in [-0.25, -0.2) is 0 Å². The van der Waals surface area contributed by atoms with E-state index in [0.717, 1.165) is 31.4 Å². The number of halogens is 3. The Kier molecular flexibility index (Phi) is 4.62. The van der Waals surface area contributed by atoms with E-state index in [1.54, 1.807) is 11.8 Å². The van der Waals surface area contributed by atoms with E-state index in [1.165, 1.54) is 10.9 Å². The normalized spacial score (nSPS) is 25.3. The lowest BCUT2D eigenvalue weighted by atomic mass is 9.92. The first-order valence-electron chi connectivity index (χ1n) is 7.99. The van der Waals surface area contributed by atoms with Crippen LogP contribution in [0.25, 0.3) is 0 Å². The zero-order valence-corrected chi connectivity index (χ0v) is 13.8. The number of fused-ring (bicyclic) bond motifs is 1. The molecule has 2 aliphatic rings. The van der Waals surface area contributed by atoms with E-state index >= 15 is 0 Å². The Labute approximate surface area is 137 Å². The highest BCUT2D eigenvalue weighted by Crippen LogP contribution is 2.37. The Morgan fingerprint density at radius 3 is 2.83 bits per heavy atom. The average Bonchev–Trinajstić information content (AvgIpc) is 2.98. The van der Waals surface area contributed by atoms with Crippen LogP contribution in [-0.4, -0.2) is 44.2 Å². The molecular weight excluding hydrogens is 327 g/mol. The van der Waals surface area contributed by atoms with Gasteiger partial charge in [0.2, 0.25) is 0 Å². The first-order valence-corrected chi connectivity index (χ1v) is 9.04. The minimum Gasteiger partial charge on any atom is -0.334 e. The van der Waals surface area contributed by atoms with Crippen molar-refractivity contribution >= 4 is 17.7 Å². The van der Waals surface area contributed by atoms with Gasteiger partial charge in [-0.05, 0) is 19.8 Å². The Hall–Kier alpha value is -1.18. The molecule has 2 fully saturated rings. The van der Waals surface area contributed by atoms with E-state index in [1.807, 2.05) is 11.8 Å². The van der Waals surface area contributed by atoms with Gasteiger partial charge in [0.05, 0.1) is 5.56 Å². The number of aromatic nitrogens is 2. The number of amides is 1. The molecule has 1 saturated heterocycles. The molecule has 0 radical (unpaired) electrons. The van der Waals surface area contributed by atoms with Crippen LogP contribution in [0.2, 0.25) is 0 Å². The van der Waals surface area contributed by atoms with Crippen molar-refractivity contribution < 1.29 is 18.0 Å². The van der Waals surface area contributed by atoms with Crippen LogP contribution in [0.1, 0.15) is 48.7 Å². The van der Waals surface area contributed by atoms with Crippen molar-refractivity contribution in [2.24, 2.45) is 0 Å². The summed E-state index contributed by atoms with van der Waals surface area (Å²) in [4.78, 5) is 14.5. The third-order valence-electron chi connectivity index (χ3n) is 4.58. The minimum absolute atomic E-state index is 0.0565. The van der Waals surface area contributed by atoms with Gasteiger partial charge in [-0.15, -0.1) is 0 Å². The Balaban J connectivity index is 1.91. The number of hydrogen-bond donors (Lipinski definition) is 0. The van der Waals surface area contributed by atoms with Crippen LogP contribution in [0.4, 0.5) is 13.2 Å². The Bertz CT molecular complexity index is 585. The van der Waals surface area contributed by atoms with Gasteiger partial charge in [-0.1, -0.05) is 12.8 Å². The fourth-order valence-electron chi connectivity index (χ4n) is 3.45. The Morgan fingerprint density at radius 1 is 1.39 bits per heavy atom. The smallest absolute Gasteiger partial charge is 0.334 e. The molecule has 0 aromatic carbocycles. The highest BCUT2D eigenvalue weighted by molar-refractivity contribution is 8.00. The molecule has 128 valence electrons. The predicted octanol–water partition coefficient (Wildman–Crippen LogP) is 3.42. The summed E-state index contributed by atoms with van der Waals surface area (Å²) in [5.41, 5.74) is -1.37. The molecule has 0 spiro atoms. The predicted molar refractivity (Wildman–Crippen MR) is 82.4 cm³/mol. The van der Waals surface area contributed by atoms with E-state index in [-0.39, 0.29) is 11.6 Å². The molecule has 4 nitrogen and oxygen atoms in total. The van der Waals surface area contributed by atoms with Crippen LogP contribution in [0, 0.1) is 0 Å². The van der Waals surface area contributed by atoms with Gasteiger partial charge in [0, 0.05) is 36.3 Å². The van der Waals surface area contributed by atoms with Gasteiger partial charge in [-0.3, -0.25) is 9.48 Å². The van der Waals surface area contributed by atoms with Crippen LogP contribution in [0.3, 0.4) is 0 Å². The standard InChI is InChI=1S/C15H20F3N3OS/c1-2-20-9-10(13(19-20)15(16,17)18)14(22)21-7-8-23-12-6-4-3-5-11(12)21/h9,11-12H,2-8H2,1H3/t11-,12+/m0/s1. The van der Waals surface area contributed by atoms with E-state index in [2.05, 4.69) is 5.10 Å². The molecule has 1 aliphatic carbocycles. The molecule has 1 aliphatic heterocycles. The highest BCUT2D eigenvalue weighted by atomic mass is 32.2. The molecule has 1 aromatic rings. The highest BCUT2D eigenvalue weighted by Gasteiger charge is 2.43. The molecule has 1 aromatic heterocycles. The monoisotopic (exact) mass is 347 g/mol. The fraction of sp³-hybridized carbons (Fsp3) is 0.733. The molecule has 0 bridgehead atoms. The van der Waals surface area contributed by atoms with Crippen molar-refractivity contribution in [3.63, 3.8) is 0 Å². The van der Waals surface area contributed by atoms with Gasteiger partial charge in [0.1, 0.15) is 0 Å². The lowest BCUT2D eigenvalue weighted by Crippen LogP contribution is -2.51. The molecule has 2 atom stereocenters. The molecule has 0 unspecified atom stereocenters. The van der Waals surface area contributed by atoms with Crippen molar-refractivity contribution in [1.29, 1.82) is 0 Å². The summed E-state index contributed by atoms with van der Waals surface area (Å²) in [5, 5.41) is 3.92. The number of thioether (sulfide) groups is 1. The summed E-state index contributed by atoms with van der Waals surface area (Å²) in [5.74, 6) is 0.269. The van der Waals surface area contributed by atoms with E-state index < -0.39 is 17.8 Å². The van der Waals surface area contributed by atoms with Gasteiger partial charge < -0.3 is 4.90 Å². The fourth-order valence-corrected chi connectivity index (χ4v) is 4.90. The lowest BCUT2D eigenvalue weighted by Gasteiger charge is -2.43. The molecule has 2 heterocycles. The van der Waals surface area contributed by atoms with Crippen LogP contribution in [0.15, 0.2) is 6.20 Å². The number of aryl methyl sites for hydroxylation is 1. The van der Waals surface area contributed by atoms with Crippen LogP contribution in [-0.2, 0) is 12.7 Å². The van der Waals surface area contributed by atoms with Crippen molar-refractivity contribution in [3.8, 4) is 0 Å². The number of carbonyl (C=O) groups excluding carboxylic acids is 1. The maximum atomic E-state index is 13.2. The van der Waals surface area contributed by atoms with Crippen LogP contribution >= 0.6 is 11.8 Å². The molecule has 3 rings (SSSR count). The van der Waals surface area contributed by atoms with Crippen LogP contribution < -0.4 is 0 Å². The summed E-state index contributed by atoms with van der Waals surface area (Å²) in [6.07, 6.45) is 0.725. The van der Waals surface area contributed by atoms with Gasteiger partial charge >= 0.3 is 6.18 Å². The van der Waals surface area contributed by atoms with E-state index in [9.17, 15) is 18.0 Å². The molecule has 1 saturated carbocycles. The van der Waals surface area contributed by atoms with E-state index in [0.29, 0.717) is 18.3 Å². The second-order valence-corrected chi connectivity index (χ2v) is 7.35. The SMILES string of the molecule is CCn1cc(C(=O)N2CCS[C@@H]3CCCC[C@@H]32)c(C(F)(F)F)n1. The first kappa shape index (κ1) is 16.7. The zero-order valence-electron chi connectivity index (χ0n) is 13.0. The third-order valence-corrected chi connectivity index (χ3v) is 5.97. The molecule has 23 heavy (non-hydrogen) atoms. The molecule has 8 heteroatoms. The third kappa shape index (κ3) is 3.22.